The third-order valence-corrected chi connectivity index (χ3v) is 4.27. The smallest absolute Gasteiger partial charge is 0.410 e. The lowest BCUT2D eigenvalue weighted by atomic mass is 9.91. The highest BCUT2D eigenvalue weighted by Gasteiger charge is 2.28. The fourth-order valence-electron chi connectivity index (χ4n) is 3.11. The maximum atomic E-state index is 13.7. The van der Waals surface area contributed by atoms with E-state index in [9.17, 15) is 9.18 Å². The summed E-state index contributed by atoms with van der Waals surface area (Å²) in [6.45, 7) is 5.97. The number of ether oxygens (including phenoxy) is 2. The standard InChI is InChI=1S/C21H24FNO3/c1-21(2,3)26-20(24)23(4)13-15-11-14-7-5-6-8-18(14)25-19-12-16(22)9-10-17(15)19/h5-10,12,15H,11,13H2,1-4H3. The molecule has 0 spiro atoms. The lowest BCUT2D eigenvalue weighted by Crippen LogP contribution is -2.36. The van der Waals surface area contributed by atoms with E-state index < -0.39 is 5.60 Å². The number of benzene rings is 2. The molecule has 2 aromatic rings. The second-order valence-corrected chi connectivity index (χ2v) is 7.65. The van der Waals surface area contributed by atoms with Gasteiger partial charge in [0, 0.05) is 31.1 Å². The summed E-state index contributed by atoms with van der Waals surface area (Å²) in [6.07, 6.45) is 0.321. The first-order chi connectivity index (χ1) is 12.2. The van der Waals surface area contributed by atoms with Crippen LogP contribution in [-0.4, -0.2) is 30.2 Å². The van der Waals surface area contributed by atoms with Gasteiger partial charge in [0.15, 0.2) is 0 Å². The van der Waals surface area contributed by atoms with Crippen LogP contribution in [0.1, 0.15) is 37.8 Å². The molecule has 0 fully saturated rings. The molecule has 3 rings (SSSR count). The summed E-state index contributed by atoms with van der Waals surface area (Å²) in [5.74, 6) is 0.855. The second-order valence-electron chi connectivity index (χ2n) is 7.65. The van der Waals surface area contributed by atoms with Crippen LogP contribution in [0, 0.1) is 5.82 Å². The largest absolute Gasteiger partial charge is 0.457 e. The van der Waals surface area contributed by atoms with E-state index in [0.717, 1.165) is 16.9 Å². The minimum Gasteiger partial charge on any atom is -0.457 e. The van der Waals surface area contributed by atoms with Crippen LogP contribution in [0.15, 0.2) is 42.5 Å². The maximum Gasteiger partial charge on any atom is 0.410 e. The molecule has 1 amide bonds. The number of carbonyl (C=O) groups excluding carboxylic acids is 1. The second kappa shape index (κ2) is 6.98. The first-order valence-electron chi connectivity index (χ1n) is 8.72. The fourth-order valence-corrected chi connectivity index (χ4v) is 3.11. The predicted molar refractivity (Wildman–Crippen MR) is 98.2 cm³/mol. The Morgan fingerprint density at radius 3 is 2.69 bits per heavy atom. The van der Waals surface area contributed by atoms with E-state index in [1.807, 2.05) is 45.0 Å². The number of hydrogen-bond acceptors (Lipinski definition) is 3. The number of nitrogens with zero attached hydrogens (tertiary/aromatic N) is 1. The van der Waals surface area contributed by atoms with Crippen molar-refractivity contribution < 1.29 is 18.7 Å². The highest BCUT2D eigenvalue weighted by Crippen LogP contribution is 2.40. The van der Waals surface area contributed by atoms with Gasteiger partial charge in [0.1, 0.15) is 22.9 Å². The molecule has 26 heavy (non-hydrogen) atoms. The van der Waals surface area contributed by atoms with Crippen molar-refractivity contribution in [1.82, 2.24) is 4.90 Å². The Morgan fingerprint density at radius 2 is 1.96 bits per heavy atom. The van der Waals surface area contributed by atoms with Gasteiger partial charge in [0.05, 0.1) is 0 Å². The van der Waals surface area contributed by atoms with Gasteiger partial charge in [0.2, 0.25) is 0 Å². The summed E-state index contributed by atoms with van der Waals surface area (Å²) < 4.78 is 25.1. The molecule has 0 aromatic heterocycles. The topological polar surface area (TPSA) is 38.8 Å². The van der Waals surface area contributed by atoms with E-state index in [1.54, 1.807) is 18.0 Å². The van der Waals surface area contributed by atoms with E-state index in [-0.39, 0.29) is 17.8 Å². The van der Waals surface area contributed by atoms with Gasteiger partial charge in [-0.3, -0.25) is 0 Å². The number of fused-ring (bicyclic) bond motifs is 2. The lowest BCUT2D eigenvalue weighted by molar-refractivity contribution is 0.0288. The van der Waals surface area contributed by atoms with Crippen molar-refractivity contribution >= 4 is 6.09 Å². The van der Waals surface area contributed by atoms with Crippen LogP contribution in [0.3, 0.4) is 0 Å². The first-order valence-corrected chi connectivity index (χ1v) is 8.72. The highest BCUT2D eigenvalue weighted by molar-refractivity contribution is 5.68. The van der Waals surface area contributed by atoms with Crippen molar-refractivity contribution in [2.45, 2.75) is 38.7 Å². The SMILES string of the molecule is CN(CC1Cc2ccccc2Oc2cc(F)ccc21)C(=O)OC(C)(C)C. The highest BCUT2D eigenvalue weighted by atomic mass is 19.1. The Balaban J connectivity index is 1.89. The molecule has 5 heteroatoms. The number of amides is 1. The van der Waals surface area contributed by atoms with Crippen LogP contribution in [0.5, 0.6) is 11.5 Å². The van der Waals surface area contributed by atoms with E-state index in [0.29, 0.717) is 18.7 Å². The zero-order valence-electron chi connectivity index (χ0n) is 15.6. The maximum absolute atomic E-state index is 13.7. The summed E-state index contributed by atoms with van der Waals surface area (Å²) in [4.78, 5) is 13.9. The van der Waals surface area contributed by atoms with Gasteiger partial charge in [-0.15, -0.1) is 0 Å². The molecule has 0 aliphatic carbocycles. The van der Waals surface area contributed by atoms with Crippen molar-refractivity contribution in [2.24, 2.45) is 0 Å². The Labute approximate surface area is 153 Å². The zero-order chi connectivity index (χ0) is 18.9. The molecule has 1 unspecified atom stereocenters. The van der Waals surface area contributed by atoms with Crippen LogP contribution >= 0.6 is 0 Å². The molecule has 0 saturated heterocycles. The van der Waals surface area contributed by atoms with Crippen molar-refractivity contribution in [2.75, 3.05) is 13.6 Å². The van der Waals surface area contributed by atoms with Crippen molar-refractivity contribution in [3.8, 4) is 11.5 Å². The Morgan fingerprint density at radius 1 is 1.23 bits per heavy atom. The molecule has 0 radical (unpaired) electrons. The molecule has 1 aliphatic rings. The van der Waals surface area contributed by atoms with Gasteiger partial charge in [-0.1, -0.05) is 24.3 Å². The number of halogens is 1. The summed E-state index contributed by atoms with van der Waals surface area (Å²) in [5.41, 5.74) is 1.37. The average molecular weight is 357 g/mol. The minimum atomic E-state index is -0.550. The summed E-state index contributed by atoms with van der Waals surface area (Å²) in [7, 11) is 1.72. The number of carbonyl (C=O) groups is 1. The molecule has 4 nitrogen and oxygen atoms in total. The molecular formula is C21H24FNO3. The van der Waals surface area contributed by atoms with Crippen LogP contribution in [0.2, 0.25) is 0 Å². The summed E-state index contributed by atoms with van der Waals surface area (Å²) in [6, 6.07) is 12.3. The Bertz CT molecular complexity index is 813. The average Bonchev–Trinajstić information content (AvgIpc) is 2.69. The molecule has 1 atom stereocenters. The molecular weight excluding hydrogens is 333 g/mol. The molecule has 0 N–H and O–H groups in total. The molecule has 1 heterocycles. The Kier molecular flexibility index (Phi) is 4.90. The van der Waals surface area contributed by atoms with Gasteiger partial charge in [-0.2, -0.15) is 0 Å². The number of likely N-dealkylation sites (N-methyl/N-ethyl adjacent to an activating group) is 1. The number of rotatable bonds is 2. The summed E-state index contributed by atoms with van der Waals surface area (Å²) in [5, 5.41) is 0. The number of hydrogen-bond donors (Lipinski definition) is 0. The molecule has 0 saturated carbocycles. The molecule has 138 valence electrons. The van der Waals surface area contributed by atoms with Crippen molar-refractivity contribution in [1.29, 1.82) is 0 Å². The van der Waals surface area contributed by atoms with Gasteiger partial charge >= 0.3 is 6.09 Å². The van der Waals surface area contributed by atoms with Gasteiger partial charge in [0.25, 0.3) is 0 Å². The van der Waals surface area contributed by atoms with Crippen LogP contribution in [-0.2, 0) is 11.2 Å². The molecule has 2 aromatic carbocycles. The van der Waals surface area contributed by atoms with Gasteiger partial charge in [-0.05, 0) is 44.9 Å². The fraction of sp³-hybridized carbons (Fsp3) is 0.381. The van der Waals surface area contributed by atoms with Crippen LogP contribution in [0.25, 0.3) is 0 Å². The lowest BCUT2D eigenvalue weighted by Gasteiger charge is -2.27. The van der Waals surface area contributed by atoms with Crippen LogP contribution < -0.4 is 4.74 Å². The first kappa shape index (κ1) is 18.2. The zero-order valence-corrected chi connectivity index (χ0v) is 15.6. The van der Waals surface area contributed by atoms with Gasteiger partial charge in [-0.25, -0.2) is 9.18 Å². The third-order valence-electron chi connectivity index (χ3n) is 4.27. The number of para-hydroxylation sites is 1. The van der Waals surface area contributed by atoms with E-state index in [4.69, 9.17) is 9.47 Å². The van der Waals surface area contributed by atoms with Crippen molar-refractivity contribution in [3.05, 3.63) is 59.4 Å². The van der Waals surface area contributed by atoms with Crippen molar-refractivity contribution in [3.63, 3.8) is 0 Å². The van der Waals surface area contributed by atoms with E-state index >= 15 is 0 Å². The normalized spacial score (nSPS) is 16.0. The van der Waals surface area contributed by atoms with Crippen LogP contribution in [0.4, 0.5) is 9.18 Å². The monoisotopic (exact) mass is 357 g/mol. The summed E-state index contributed by atoms with van der Waals surface area (Å²) >= 11 is 0. The molecule has 0 bridgehead atoms. The van der Waals surface area contributed by atoms with E-state index in [2.05, 4.69) is 0 Å². The van der Waals surface area contributed by atoms with Gasteiger partial charge < -0.3 is 14.4 Å². The third kappa shape index (κ3) is 4.15. The van der Waals surface area contributed by atoms with E-state index in [1.165, 1.54) is 12.1 Å². The predicted octanol–water partition coefficient (Wildman–Crippen LogP) is 5.12. The Hall–Kier alpha value is -2.56. The molecule has 1 aliphatic heterocycles. The minimum absolute atomic E-state index is 0.0215. The quantitative estimate of drug-likeness (QED) is 0.748.